The largest absolute Gasteiger partial charge is 0.395 e. The Labute approximate surface area is 109 Å². The van der Waals surface area contributed by atoms with Crippen LogP contribution in [0.2, 0.25) is 0 Å². The van der Waals surface area contributed by atoms with Gasteiger partial charge < -0.3 is 5.11 Å². The Bertz CT molecular complexity index is 357. The maximum atomic E-state index is 9.37. The highest BCUT2D eigenvalue weighted by Gasteiger charge is 2.33. The third-order valence-electron chi connectivity index (χ3n) is 4.13. The SMILES string of the molecule is Cl.OCC1CCCN1C1Cc2ccccc2C1. The molecule has 3 heteroatoms. The highest BCUT2D eigenvalue weighted by molar-refractivity contribution is 5.85. The fourth-order valence-electron chi connectivity index (χ4n) is 3.30. The van der Waals surface area contributed by atoms with Crippen molar-refractivity contribution in [3.63, 3.8) is 0 Å². The average molecular weight is 254 g/mol. The topological polar surface area (TPSA) is 23.5 Å². The maximum Gasteiger partial charge on any atom is 0.0586 e. The molecule has 1 saturated heterocycles. The smallest absolute Gasteiger partial charge is 0.0586 e. The third kappa shape index (κ3) is 2.35. The molecule has 0 bridgehead atoms. The number of benzene rings is 1. The zero-order valence-electron chi connectivity index (χ0n) is 10.0. The molecule has 1 atom stereocenters. The van der Waals surface area contributed by atoms with E-state index in [1.54, 1.807) is 0 Å². The first-order valence-corrected chi connectivity index (χ1v) is 6.32. The van der Waals surface area contributed by atoms with E-state index in [-0.39, 0.29) is 12.4 Å². The molecule has 2 nitrogen and oxygen atoms in total. The van der Waals surface area contributed by atoms with Crippen LogP contribution in [-0.2, 0) is 12.8 Å². The summed E-state index contributed by atoms with van der Waals surface area (Å²) in [6.07, 6.45) is 4.76. The Morgan fingerprint density at radius 1 is 1.18 bits per heavy atom. The van der Waals surface area contributed by atoms with Gasteiger partial charge in [-0.25, -0.2) is 0 Å². The standard InChI is InChI=1S/C14H19NO.ClH/c16-10-13-6-3-7-15(13)14-8-11-4-1-2-5-12(11)9-14;/h1-2,4-5,13-14,16H,3,6-10H2;1H. The van der Waals surface area contributed by atoms with Gasteiger partial charge in [-0.15, -0.1) is 12.4 Å². The van der Waals surface area contributed by atoms with E-state index in [1.165, 1.54) is 43.4 Å². The second-order valence-corrected chi connectivity index (χ2v) is 5.05. The normalized spacial score (nSPS) is 24.6. The minimum absolute atomic E-state index is 0. The molecule has 0 spiro atoms. The summed E-state index contributed by atoms with van der Waals surface area (Å²) in [5, 5.41) is 9.37. The minimum atomic E-state index is 0. The van der Waals surface area contributed by atoms with Gasteiger partial charge >= 0.3 is 0 Å². The lowest BCUT2D eigenvalue weighted by Crippen LogP contribution is -2.41. The summed E-state index contributed by atoms with van der Waals surface area (Å²) in [6.45, 7) is 1.50. The van der Waals surface area contributed by atoms with Crippen molar-refractivity contribution in [3.8, 4) is 0 Å². The summed E-state index contributed by atoms with van der Waals surface area (Å²) < 4.78 is 0. The Morgan fingerprint density at radius 3 is 2.41 bits per heavy atom. The first-order valence-electron chi connectivity index (χ1n) is 6.32. The molecule has 0 aromatic heterocycles. The van der Waals surface area contributed by atoms with Gasteiger partial charge in [0.15, 0.2) is 0 Å². The first-order chi connectivity index (χ1) is 7.88. The summed E-state index contributed by atoms with van der Waals surface area (Å²) in [5.41, 5.74) is 3.02. The van der Waals surface area contributed by atoms with E-state index < -0.39 is 0 Å². The molecular formula is C14H20ClNO. The van der Waals surface area contributed by atoms with Crippen LogP contribution < -0.4 is 0 Å². The number of rotatable bonds is 2. The zero-order chi connectivity index (χ0) is 11.0. The van der Waals surface area contributed by atoms with Gasteiger partial charge in [-0.05, 0) is 43.4 Å². The van der Waals surface area contributed by atoms with Gasteiger partial charge in [0.2, 0.25) is 0 Å². The summed E-state index contributed by atoms with van der Waals surface area (Å²) in [6, 6.07) is 9.82. The Kier molecular flexibility index (Phi) is 4.08. The molecule has 17 heavy (non-hydrogen) atoms. The molecule has 0 amide bonds. The van der Waals surface area contributed by atoms with Crippen LogP contribution in [0.4, 0.5) is 0 Å². The fraction of sp³-hybridized carbons (Fsp3) is 0.571. The van der Waals surface area contributed by atoms with Crippen molar-refractivity contribution in [1.82, 2.24) is 4.90 Å². The number of halogens is 1. The molecule has 1 aromatic rings. The second kappa shape index (κ2) is 5.38. The van der Waals surface area contributed by atoms with Gasteiger partial charge in [0.25, 0.3) is 0 Å². The molecule has 1 unspecified atom stereocenters. The average Bonchev–Trinajstić information content (AvgIpc) is 2.94. The molecule has 0 saturated carbocycles. The van der Waals surface area contributed by atoms with E-state index in [4.69, 9.17) is 0 Å². The van der Waals surface area contributed by atoms with Crippen molar-refractivity contribution >= 4 is 12.4 Å². The van der Waals surface area contributed by atoms with Crippen molar-refractivity contribution in [1.29, 1.82) is 0 Å². The fourth-order valence-corrected chi connectivity index (χ4v) is 3.30. The minimum Gasteiger partial charge on any atom is -0.395 e. The number of hydrogen-bond acceptors (Lipinski definition) is 2. The Balaban J connectivity index is 0.00000108. The molecule has 1 fully saturated rings. The molecule has 0 radical (unpaired) electrons. The predicted octanol–water partition coefficient (Wildman–Crippen LogP) is 2.03. The van der Waals surface area contributed by atoms with Crippen LogP contribution >= 0.6 is 12.4 Å². The van der Waals surface area contributed by atoms with Crippen LogP contribution in [0.25, 0.3) is 0 Å². The van der Waals surface area contributed by atoms with E-state index in [0.29, 0.717) is 18.7 Å². The number of nitrogens with zero attached hydrogens (tertiary/aromatic N) is 1. The van der Waals surface area contributed by atoms with E-state index in [0.717, 1.165) is 0 Å². The molecule has 3 rings (SSSR count). The Morgan fingerprint density at radius 2 is 1.82 bits per heavy atom. The molecule has 1 N–H and O–H groups in total. The molecule has 1 heterocycles. The maximum absolute atomic E-state index is 9.37. The molecule has 2 aliphatic rings. The number of likely N-dealkylation sites (tertiary alicyclic amines) is 1. The monoisotopic (exact) mass is 253 g/mol. The number of fused-ring (bicyclic) bond motifs is 1. The number of hydrogen-bond donors (Lipinski definition) is 1. The highest BCUT2D eigenvalue weighted by Crippen LogP contribution is 2.30. The molecule has 1 aromatic carbocycles. The quantitative estimate of drug-likeness (QED) is 0.872. The van der Waals surface area contributed by atoms with E-state index in [9.17, 15) is 5.11 Å². The van der Waals surface area contributed by atoms with Crippen LogP contribution in [0.3, 0.4) is 0 Å². The summed E-state index contributed by atoms with van der Waals surface area (Å²) in [4.78, 5) is 2.53. The molecule has 1 aliphatic heterocycles. The van der Waals surface area contributed by atoms with Crippen molar-refractivity contribution in [3.05, 3.63) is 35.4 Å². The molecule has 1 aliphatic carbocycles. The second-order valence-electron chi connectivity index (χ2n) is 5.05. The number of aliphatic hydroxyl groups excluding tert-OH is 1. The van der Waals surface area contributed by atoms with Crippen LogP contribution in [0.15, 0.2) is 24.3 Å². The molecular weight excluding hydrogens is 234 g/mol. The van der Waals surface area contributed by atoms with Gasteiger partial charge in [0, 0.05) is 12.1 Å². The summed E-state index contributed by atoms with van der Waals surface area (Å²) in [7, 11) is 0. The Hall–Kier alpha value is -0.570. The van der Waals surface area contributed by atoms with Crippen LogP contribution in [0, 0.1) is 0 Å². The van der Waals surface area contributed by atoms with Crippen LogP contribution in [0.5, 0.6) is 0 Å². The van der Waals surface area contributed by atoms with Crippen molar-refractivity contribution in [2.75, 3.05) is 13.2 Å². The molecule has 94 valence electrons. The van der Waals surface area contributed by atoms with Gasteiger partial charge in [0.1, 0.15) is 0 Å². The van der Waals surface area contributed by atoms with Gasteiger partial charge in [-0.2, -0.15) is 0 Å². The first kappa shape index (κ1) is 12.9. The van der Waals surface area contributed by atoms with E-state index in [1.807, 2.05) is 0 Å². The van der Waals surface area contributed by atoms with Crippen molar-refractivity contribution in [2.24, 2.45) is 0 Å². The van der Waals surface area contributed by atoms with Gasteiger partial charge in [-0.3, -0.25) is 4.90 Å². The van der Waals surface area contributed by atoms with Crippen molar-refractivity contribution < 1.29 is 5.11 Å². The van der Waals surface area contributed by atoms with E-state index >= 15 is 0 Å². The van der Waals surface area contributed by atoms with Crippen molar-refractivity contribution in [2.45, 2.75) is 37.8 Å². The summed E-state index contributed by atoms with van der Waals surface area (Å²) >= 11 is 0. The van der Waals surface area contributed by atoms with E-state index in [2.05, 4.69) is 29.2 Å². The number of aliphatic hydroxyl groups is 1. The van der Waals surface area contributed by atoms with Crippen LogP contribution in [0.1, 0.15) is 24.0 Å². The highest BCUT2D eigenvalue weighted by atomic mass is 35.5. The van der Waals surface area contributed by atoms with Crippen LogP contribution in [-0.4, -0.2) is 35.2 Å². The zero-order valence-corrected chi connectivity index (χ0v) is 10.8. The van der Waals surface area contributed by atoms with Gasteiger partial charge in [0.05, 0.1) is 6.61 Å². The lowest BCUT2D eigenvalue weighted by Gasteiger charge is -2.29. The predicted molar refractivity (Wildman–Crippen MR) is 71.7 cm³/mol. The van der Waals surface area contributed by atoms with Gasteiger partial charge in [-0.1, -0.05) is 24.3 Å². The summed E-state index contributed by atoms with van der Waals surface area (Å²) in [5.74, 6) is 0. The lowest BCUT2D eigenvalue weighted by atomic mass is 10.1. The lowest BCUT2D eigenvalue weighted by molar-refractivity contribution is 0.122. The third-order valence-corrected chi connectivity index (χ3v) is 4.13.